The third-order valence-electron chi connectivity index (χ3n) is 2.13. The molecule has 0 bridgehead atoms. The van der Waals surface area contributed by atoms with Gasteiger partial charge in [0.1, 0.15) is 0 Å². The maximum absolute atomic E-state index is 10.5. The van der Waals surface area contributed by atoms with Crippen LogP contribution < -0.4 is 5.32 Å². The predicted octanol–water partition coefficient (Wildman–Crippen LogP) is 2.12. The summed E-state index contributed by atoms with van der Waals surface area (Å²) in [6.45, 7) is 1.50. The highest BCUT2D eigenvalue weighted by atomic mass is 32.1. The van der Waals surface area contributed by atoms with E-state index >= 15 is 0 Å². The van der Waals surface area contributed by atoms with Gasteiger partial charge in [0.25, 0.3) is 0 Å². The highest BCUT2D eigenvalue weighted by Crippen LogP contribution is 2.17. The highest BCUT2D eigenvalue weighted by Gasteiger charge is 2.04. The molecule has 2 rings (SSSR count). The largest absolute Gasteiger partial charge is 0.481 e. The molecule has 4 nitrogen and oxygen atoms in total. The van der Waals surface area contributed by atoms with Crippen molar-refractivity contribution in [3.63, 3.8) is 0 Å². The van der Waals surface area contributed by atoms with Crippen molar-refractivity contribution in [2.75, 3.05) is 0 Å². The van der Waals surface area contributed by atoms with Crippen molar-refractivity contribution in [2.45, 2.75) is 19.5 Å². The molecule has 2 aromatic heterocycles. The fraction of sp³-hybridized carbons (Fsp3) is 0.273. The Hall–Kier alpha value is -1.24. The topological polar surface area (TPSA) is 62.2 Å². The lowest BCUT2D eigenvalue weighted by Crippen LogP contribution is -2.11. The number of rotatable bonds is 6. The van der Waals surface area contributed by atoms with Crippen LogP contribution >= 0.6 is 22.7 Å². The summed E-state index contributed by atoms with van der Waals surface area (Å²) in [5.41, 5.74) is 2.85. The summed E-state index contributed by atoms with van der Waals surface area (Å²) in [4.78, 5) is 16.7. The van der Waals surface area contributed by atoms with E-state index in [0.29, 0.717) is 0 Å². The quantitative estimate of drug-likeness (QED) is 0.842. The third-order valence-corrected chi connectivity index (χ3v) is 3.85. The standard InChI is InChI=1S/C11H12N2O2S2/c14-11(15)3-9-1-2-10(17-9)5-12-4-8-6-16-7-13-8/h1-2,6-7,12H,3-5H2,(H,14,15). The maximum Gasteiger partial charge on any atom is 0.308 e. The van der Waals surface area contributed by atoms with Crippen LogP contribution in [0.15, 0.2) is 23.0 Å². The molecule has 0 saturated carbocycles. The van der Waals surface area contributed by atoms with Gasteiger partial charge in [-0.25, -0.2) is 4.98 Å². The van der Waals surface area contributed by atoms with E-state index in [0.717, 1.165) is 28.5 Å². The predicted molar refractivity (Wildman–Crippen MR) is 68.3 cm³/mol. The summed E-state index contributed by atoms with van der Waals surface area (Å²) in [7, 11) is 0. The number of carbonyl (C=O) groups is 1. The maximum atomic E-state index is 10.5. The fourth-order valence-electron chi connectivity index (χ4n) is 1.40. The van der Waals surface area contributed by atoms with Crippen LogP contribution in [0.3, 0.4) is 0 Å². The summed E-state index contributed by atoms with van der Waals surface area (Å²) >= 11 is 3.12. The number of aromatic nitrogens is 1. The Balaban J connectivity index is 1.79. The molecule has 0 aliphatic carbocycles. The van der Waals surface area contributed by atoms with E-state index in [2.05, 4.69) is 10.3 Å². The van der Waals surface area contributed by atoms with E-state index in [9.17, 15) is 4.79 Å². The van der Waals surface area contributed by atoms with Crippen molar-refractivity contribution in [3.8, 4) is 0 Å². The van der Waals surface area contributed by atoms with Crippen LogP contribution in [0.5, 0.6) is 0 Å². The molecule has 17 heavy (non-hydrogen) atoms. The molecule has 6 heteroatoms. The van der Waals surface area contributed by atoms with Crippen LogP contribution in [0.1, 0.15) is 15.4 Å². The minimum Gasteiger partial charge on any atom is -0.481 e. The van der Waals surface area contributed by atoms with E-state index < -0.39 is 5.97 Å². The smallest absolute Gasteiger partial charge is 0.308 e. The number of thiophene rings is 1. The molecule has 0 radical (unpaired) electrons. The molecule has 2 heterocycles. The first-order chi connectivity index (χ1) is 8.24. The molecule has 0 aliphatic heterocycles. The minimum atomic E-state index is -0.783. The van der Waals surface area contributed by atoms with Crippen LogP contribution in [0.25, 0.3) is 0 Å². The van der Waals surface area contributed by atoms with Crippen molar-refractivity contribution < 1.29 is 9.90 Å². The summed E-state index contributed by atoms with van der Waals surface area (Å²) in [6, 6.07) is 3.84. The number of hydrogen-bond acceptors (Lipinski definition) is 5. The number of carboxylic acid groups (broad SMARTS) is 1. The van der Waals surface area contributed by atoms with E-state index in [1.807, 2.05) is 23.0 Å². The fourth-order valence-corrected chi connectivity index (χ4v) is 2.94. The van der Waals surface area contributed by atoms with Gasteiger partial charge in [-0.1, -0.05) is 0 Å². The van der Waals surface area contributed by atoms with Gasteiger partial charge >= 0.3 is 5.97 Å². The molecular weight excluding hydrogens is 256 g/mol. The Kier molecular flexibility index (Phi) is 4.24. The van der Waals surface area contributed by atoms with E-state index in [-0.39, 0.29) is 6.42 Å². The molecule has 0 saturated heterocycles. The third kappa shape index (κ3) is 3.92. The second-order valence-electron chi connectivity index (χ2n) is 3.52. The molecule has 0 aliphatic rings. The lowest BCUT2D eigenvalue weighted by Gasteiger charge is -1.99. The van der Waals surface area contributed by atoms with E-state index in [1.54, 1.807) is 11.3 Å². The van der Waals surface area contributed by atoms with Crippen LogP contribution in [-0.2, 0) is 24.3 Å². The van der Waals surface area contributed by atoms with Crippen molar-refractivity contribution in [1.82, 2.24) is 10.3 Å². The Morgan fingerprint density at radius 2 is 2.18 bits per heavy atom. The van der Waals surface area contributed by atoms with Gasteiger partial charge in [0, 0.05) is 28.2 Å². The lowest BCUT2D eigenvalue weighted by molar-refractivity contribution is -0.136. The SMILES string of the molecule is O=C(O)Cc1ccc(CNCc2cscn2)s1. The van der Waals surface area contributed by atoms with Crippen molar-refractivity contribution in [2.24, 2.45) is 0 Å². The van der Waals surface area contributed by atoms with Crippen molar-refractivity contribution >= 4 is 28.6 Å². The monoisotopic (exact) mass is 268 g/mol. The van der Waals surface area contributed by atoms with Gasteiger partial charge in [-0.05, 0) is 12.1 Å². The number of aliphatic carboxylic acids is 1. The van der Waals surface area contributed by atoms with Crippen LogP contribution in [0.2, 0.25) is 0 Å². The summed E-state index contributed by atoms with van der Waals surface area (Å²) in [5.74, 6) is -0.783. The van der Waals surface area contributed by atoms with Gasteiger partial charge in [-0.2, -0.15) is 0 Å². The zero-order chi connectivity index (χ0) is 12.1. The Morgan fingerprint density at radius 1 is 1.35 bits per heavy atom. The molecule has 0 amide bonds. The average molecular weight is 268 g/mol. The van der Waals surface area contributed by atoms with E-state index in [1.165, 1.54) is 11.3 Å². The summed E-state index contributed by atoms with van der Waals surface area (Å²) < 4.78 is 0. The van der Waals surface area contributed by atoms with Crippen LogP contribution in [-0.4, -0.2) is 16.1 Å². The second kappa shape index (κ2) is 5.90. The first-order valence-electron chi connectivity index (χ1n) is 5.11. The molecule has 2 aromatic rings. The van der Waals surface area contributed by atoms with Gasteiger partial charge < -0.3 is 10.4 Å². The zero-order valence-electron chi connectivity index (χ0n) is 9.05. The van der Waals surface area contributed by atoms with Gasteiger partial charge in [-0.15, -0.1) is 22.7 Å². The van der Waals surface area contributed by atoms with Crippen molar-refractivity contribution in [1.29, 1.82) is 0 Å². The first kappa shape index (κ1) is 12.2. The number of carboxylic acids is 1. The molecule has 0 fully saturated rings. The number of thiazole rings is 1. The Morgan fingerprint density at radius 3 is 2.88 bits per heavy atom. The number of hydrogen-bond donors (Lipinski definition) is 2. The lowest BCUT2D eigenvalue weighted by atomic mass is 10.3. The van der Waals surface area contributed by atoms with E-state index in [4.69, 9.17) is 5.11 Å². The van der Waals surface area contributed by atoms with Gasteiger partial charge in [0.15, 0.2) is 0 Å². The highest BCUT2D eigenvalue weighted by molar-refractivity contribution is 7.12. The number of nitrogens with one attached hydrogen (secondary N) is 1. The summed E-state index contributed by atoms with van der Waals surface area (Å²) in [6.07, 6.45) is 0.108. The molecule has 0 unspecified atom stereocenters. The first-order valence-corrected chi connectivity index (χ1v) is 6.87. The molecule has 2 N–H and O–H groups in total. The van der Waals surface area contributed by atoms with Crippen molar-refractivity contribution in [3.05, 3.63) is 38.5 Å². The van der Waals surface area contributed by atoms with Crippen LogP contribution in [0.4, 0.5) is 0 Å². The Labute approximate surface area is 107 Å². The Bertz CT molecular complexity index is 479. The molecule has 90 valence electrons. The molecular formula is C11H12N2O2S2. The molecule has 0 aromatic carbocycles. The summed E-state index contributed by atoms with van der Waals surface area (Å²) in [5, 5.41) is 14.0. The number of nitrogens with zero attached hydrogens (tertiary/aromatic N) is 1. The van der Waals surface area contributed by atoms with Gasteiger partial charge in [-0.3, -0.25) is 4.79 Å². The zero-order valence-corrected chi connectivity index (χ0v) is 10.7. The van der Waals surface area contributed by atoms with Crippen LogP contribution in [0, 0.1) is 0 Å². The second-order valence-corrected chi connectivity index (χ2v) is 5.49. The van der Waals surface area contributed by atoms with Gasteiger partial charge in [0.2, 0.25) is 0 Å². The minimum absolute atomic E-state index is 0.108. The average Bonchev–Trinajstić information content (AvgIpc) is 2.89. The molecule has 0 spiro atoms. The van der Waals surface area contributed by atoms with Gasteiger partial charge in [0.05, 0.1) is 17.6 Å². The normalized spacial score (nSPS) is 10.6. The molecule has 0 atom stereocenters.